The van der Waals surface area contributed by atoms with Crippen LogP contribution in [0.2, 0.25) is 0 Å². The van der Waals surface area contributed by atoms with E-state index in [1.165, 1.54) is 30.0 Å². The number of nitrogens with one attached hydrogen (secondary N) is 3. The molecule has 0 saturated carbocycles. The third-order valence-corrected chi connectivity index (χ3v) is 6.80. The molecule has 0 unspecified atom stereocenters. The van der Waals surface area contributed by atoms with Crippen LogP contribution in [0.4, 0.5) is 17.1 Å². The minimum Gasteiger partial charge on any atom is -0.326 e. The van der Waals surface area contributed by atoms with Gasteiger partial charge in [0, 0.05) is 34.8 Å². The van der Waals surface area contributed by atoms with Crippen LogP contribution in [-0.4, -0.2) is 28.5 Å². The first kappa shape index (κ1) is 23.5. The summed E-state index contributed by atoms with van der Waals surface area (Å²) in [6.45, 7) is 1.43. The second-order valence-corrected chi connectivity index (χ2v) is 9.54. The van der Waals surface area contributed by atoms with Crippen LogP contribution < -0.4 is 16.0 Å². The Hall–Kier alpha value is -3.69. The zero-order chi connectivity index (χ0) is 23.9. The summed E-state index contributed by atoms with van der Waals surface area (Å²) in [4.78, 5) is 40.5. The lowest BCUT2D eigenvalue weighted by atomic mass is 10.1. The molecule has 9 heteroatoms. The van der Waals surface area contributed by atoms with Crippen LogP contribution in [0, 0.1) is 0 Å². The highest BCUT2D eigenvalue weighted by molar-refractivity contribution is 8.01. The number of aromatic nitrogens is 1. The molecule has 3 aromatic carbocycles. The van der Waals surface area contributed by atoms with E-state index in [4.69, 9.17) is 0 Å². The second kappa shape index (κ2) is 11.0. The van der Waals surface area contributed by atoms with Gasteiger partial charge in [-0.05, 0) is 29.7 Å². The van der Waals surface area contributed by atoms with Gasteiger partial charge in [-0.15, -0.1) is 11.3 Å². The summed E-state index contributed by atoms with van der Waals surface area (Å²) in [5.41, 5.74) is 2.62. The third kappa shape index (κ3) is 6.43. The number of nitrogens with zero attached hydrogens (tertiary/aromatic N) is 1. The highest BCUT2D eigenvalue weighted by atomic mass is 32.2. The molecular weight excluding hydrogens is 468 g/mol. The van der Waals surface area contributed by atoms with Gasteiger partial charge in [0.05, 0.1) is 17.9 Å². The highest BCUT2D eigenvalue weighted by Crippen LogP contribution is 2.26. The molecule has 3 N–H and O–H groups in total. The van der Waals surface area contributed by atoms with Crippen molar-refractivity contribution >= 4 is 68.7 Å². The van der Waals surface area contributed by atoms with Gasteiger partial charge >= 0.3 is 0 Å². The molecule has 1 heterocycles. The van der Waals surface area contributed by atoms with Gasteiger partial charge in [0.25, 0.3) is 0 Å². The third-order valence-electron chi connectivity index (χ3n) is 4.73. The largest absolute Gasteiger partial charge is 0.326 e. The predicted octanol–water partition coefficient (Wildman–Crippen LogP) is 5.17. The molecule has 4 aromatic rings. The Kier molecular flexibility index (Phi) is 7.56. The van der Waals surface area contributed by atoms with Crippen LogP contribution in [0.25, 0.3) is 10.8 Å². The van der Waals surface area contributed by atoms with E-state index in [0.29, 0.717) is 17.1 Å². The smallest absolute Gasteiger partial charge is 0.234 e. The summed E-state index contributed by atoms with van der Waals surface area (Å²) >= 11 is 2.74. The van der Waals surface area contributed by atoms with Gasteiger partial charge in [0.1, 0.15) is 0 Å². The van der Waals surface area contributed by atoms with Crippen molar-refractivity contribution in [3.8, 4) is 0 Å². The van der Waals surface area contributed by atoms with Crippen LogP contribution in [0.3, 0.4) is 0 Å². The molecule has 0 spiro atoms. The summed E-state index contributed by atoms with van der Waals surface area (Å²) in [5, 5.41) is 12.3. The minimum atomic E-state index is -0.212. The van der Waals surface area contributed by atoms with E-state index in [-0.39, 0.29) is 29.9 Å². The fourth-order valence-electron chi connectivity index (χ4n) is 3.33. The Labute approximate surface area is 205 Å². The van der Waals surface area contributed by atoms with Crippen molar-refractivity contribution in [3.05, 3.63) is 77.8 Å². The molecular formula is C25H22N4O3S2. The first-order valence-electron chi connectivity index (χ1n) is 10.5. The number of fused-ring (bicyclic) bond motifs is 1. The van der Waals surface area contributed by atoms with Crippen LogP contribution in [0.5, 0.6) is 0 Å². The van der Waals surface area contributed by atoms with E-state index in [1.807, 2.05) is 47.8 Å². The monoisotopic (exact) mass is 490 g/mol. The number of anilines is 3. The first-order chi connectivity index (χ1) is 16.5. The lowest BCUT2D eigenvalue weighted by molar-refractivity contribution is -0.116. The zero-order valence-electron chi connectivity index (χ0n) is 18.3. The Morgan fingerprint density at radius 1 is 0.882 bits per heavy atom. The van der Waals surface area contributed by atoms with Gasteiger partial charge < -0.3 is 16.0 Å². The topological polar surface area (TPSA) is 100 Å². The van der Waals surface area contributed by atoms with E-state index in [1.54, 1.807) is 24.3 Å². The summed E-state index contributed by atoms with van der Waals surface area (Å²) in [6.07, 6.45) is 0.115. The Morgan fingerprint density at radius 3 is 2.44 bits per heavy atom. The normalized spacial score (nSPS) is 10.6. The predicted molar refractivity (Wildman–Crippen MR) is 138 cm³/mol. The number of carbonyl (C=O) groups is 3. The number of thiazole rings is 1. The number of thioether (sulfide) groups is 1. The molecule has 3 amide bonds. The van der Waals surface area contributed by atoms with Crippen molar-refractivity contribution in [1.29, 1.82) is 0 Å². The van der Waals surface area contributed by atoms with E-state index >= 15 is 0 Å². The lowest BCUT2D eigenvalue weighted by Gasteiger charge is -2.08. The Bertz CT molecular complexity index is 1350. The number of hydrogen-bond donors (Lipinski definition) is 3. The van der Waals surface area contributed by atoms with Crippen LogP contribution in [-0.2, 0) is 20.8 Å². The maximum atomic E-state index is 12.5. The molecule has 7 nitrogen and oxygen atoms in total. The van der Waals surface area contributed by atoms with E-state index in [2.05, 4.69) is 20.9 Å². The molecule has 0 atom stereocenters. The van der Waals surface area contributed by atoms with Crippen LogP contribution in [0.15, 0.2) is 76.4 Å². The maximum absolute atomic E-state index is 12.5. The van der Waals surface area contributed by atoms with Crippen molar-refractivity contribution < 1.29 is 14.4 Å². The van der Waals surface area contributed by atoms with E-state index in [0.717, 1.165) is 20.8 Å². The minimum absolute atomic E-state index is 0.115. The highest BCUT2D eigenvalue weighted by Gasteiger charge is 2.12. The van der Waals surface area contributed by atoms with Gasteiger partial charge in [0.15, 0.2) is 4.34 Å². The van der Waals surface area contributed by atoms with E-state index < -0.39 is 0 Å². The fourth-order valence-corrected chi connectivity index (χ4v) is 4.98. The molecule has 1 aromatic heterocycles. The zero-order valence-corrected chi connectivity index (χ0v) is 20.0. The van der Waals surface area contributed by atoms with Gasteiger partial charge in [-0.2, -0.15) is 0 Å². The molecule has 0 saturated heterocycles. The fraction of sp³-hybridized carbons (Fsp3) is 0.120. The number of carbonyl (C=O) groups excluding carboxylic acids is 3. The summed E-state index contributed by atoms with van der Waals surface area (Å²) < 4.78 is 0.725. The Balaban J connectivity index is 1.28. The average Bonchev–Trinajstić information content (AvgIpc) is 3.25. The number of amides is 3. The van der Waals surface area contributed by atoms with Gasteiger partial charge in [-0.1, -0.05) is 54.2 Å². The van der Waals surface area contributed by atoms with Gasteiger partial charge in [-0.25, -0.2) is 4.98 Å². The molecule has 34 heavy (non-hydrogen) atoms. The average molecular weight is 491 g/mol. The second-order valence-electron chi connectivity index (χ2n) is 7.46. The van der Waals surface area contributed by atoms with Crippen LogP contribution >= 0.6 is 23.1 Å². The molecule has 0 fully saturated rings. The van der Waals surface area contributed by atoms with Gasteiger partial charge in [0.2, 0.25) is 17.7 Å². The molecule has 0 bridgehead atoms. The number of rotatable bonds is 8. The van der Waals surface area contributed by atoms with E-state index in [9.17, 15) is 14.4 Å². The summed E-state index contributed by atoms with van der Waals surface area (Å²) in [5.74, 6) is -0.287. The quantitative estimate of drug-likeness (QED) is 0.296. The molecule has 172 valence electrons. The van der Waals surface area contributed by atoms with Crippen LogP contribution in [0.1, 0.15) is 12.6 Å². The maximum Gasteiger partial charge on any atom is 0.234 e. The Morgan fingerprint density at radius 2 is 1.62 bits per heavy atom. The number of benzene rings is 3. The standard InChI is InChI=1S/C25H22N4O3S2/c1-16(30)26-18-8-5-9-19(12-18)27-23(31)13-20-14-33-25(28-20)34-15-24(32)29-22-11-4-7-17-6-2-3-10-21(17)22/h2-12,14H,13,15H2,1H3,(H,26,30)(H,27,31)(H,29,32). The van der Waals surface area contributed by atoms with Gasteiger partial charge in [-0.3, -0.25) is 14.4 Å². The summed E-state index contributed by atoms with van der Waals surface area (Å²) in [6, 6.07) is 20.6. The number of hydrogen-bond acceptors (Lipinski definition) is 6. The van der Waals surface area contributed by atoms with Crippen molar-refractivity contribution in [2.45, 2.75) is 17.7 Å². The van der Waals surface area contributed by atoms with Crippen molar-refractivity contribution in [1.82, 2.24) is 4.98 Å². The van der Waals surface area contributed by atoms with Crippen molar-refractivity contribution in [2.24, 2.45) is 0 Å². The molecule has 0 aliphatic rings. The molecule has 0 aliphatic heterocycles. The molecule has 4 rings (SSSR count). The van der Waals surface area contributed by atoms with Crippen molar-refractivity contribution in [3.63, 3.8) is 0 Å². The molecule has 0 radical (unpaired) electrons. The summed E-state index contributed by atoms with van der Waals surface area (Å²) in [7, 11) is 0. The van der Waals surface area contributed by atoms with Crippen molar-refractivity contribution in [2.75, 3.05) is 21.7 Å². The first-order valence-corrected chi connectivity index (χ1v) is 12.3. The molecule has 0 aliphatic carbocycles. The SMILES string of the molecule is CC(=O)Nc1cccc(NC(=O)Cc2csc(SCC(=O)Nc3cccc4ccccc34)n2)c1. The lowest BCUT2D eigenvalue weighted by Crippen LogP contribution is -2.15.